The van der Waals surface area contributed by atoms with Crippen molar-refractivity contribution in [2.24, 2.45) is 0 Å². The molecule has 37 heavy (non-hydrogen) atoms. The van der Waals surface area contributed by atoms with Gasteiger partial charge in [0.1, 0.15) is 5.01 Å². The number of pyridine rings is 1. The molecule has 198 valence electrons. The molecule has 4 aromatic rings. The van der Waals surface area contributed by atoms with E-state index in [0.29, 0.717) is 16.6 Å². The summed E-state index contributed by atoms with van der Waals surface area (Å²) >= 11 is -1.14. The maximum Gasteiger partial charge on any atom is 0.251 e. The summed E-state index contributed by atoms with van der Waals surface area (Å²) in [6.07, 6.45) is 2.65. The summed E-state index contributed by atoms with van der Waals surface area (Å²) in [5.41, 5.74) is 2.99. The molecule has 4 N–H and O–H groups in total. The Morgan fingerprint density at radius 2 is 1.95 bits per heavy atom. The summed E-state index contributed by atoms with van der Waals surface area (Å²) in [6.45, 7) is 3.27. The smallest absolute Gasteiger partial charge is 0.251 e. The number of hydrazine groups is 1. The fourth-order valence-corrected chi connectivity index (χ4v) is 6.23. The van der Waals surface area contributed by atoms with Gasteiger partial charge in [-0.25, -0.2) is 23.0 Å². The largest absolute Gasteiger partial charge is 0.422 e. The number of rotatable bonds is 10. The first-order valence-electron chi connectivity index (χ1n) is 10.7. The second kappa shape index (κ2) is 10.5. The molecule has 0 amide bonds. The lowest BCUT2D eigenvalue weighted by atomic mass is 10.1. The van der Waals surface area contributed by atoms with Crippen molar-refractivity contribution in [3.05, 3.63) is 63.7 Å². The third-order valence-electron chi connectivity index (χ3n) is 5.05. The zero-order chi connectivity index (χ0) is 27.0. The summed E-state index contributed by atoms with van der Waals surface area (Å²) in [4.78, 5) is 19.1. The van der Waals surface area contributed by atoms with Crippen LogP contribution in [0.3, 0.4) is 0 Å². The zero-order valence-electron chi connectivity index (χ0n) is 19.9. The van der Waals surface area contributed by atoms with E-state index in [1.165, 1.54) is 10.6 Å². The van der Waals surface area contributed by atoms with Crippen LogP contribution in [0, 0.1) is 0 Å². The lowest BCUT2D eigenvalue weighted by molar-refractivity contribution is 0.0604. The highest BCUT2D eigenvalue weighted by atomic mass is 32.2. The molecule has 1 aromatic carbocycles. The lowest BCUT2D eigenvalue weighted by Crippen LogP contribution is -2.32. The van der Waals surface area contributed by atoms with Crippen LogP contribution in [-0.4, -0.2) is 53.9 Å². The fraction of sp³-hybridized carbons (Fsp3) is 0.333. The van der Waals surface area contributed by atoms with Gasteiger partial charge in [0.05, 0.1) is 28.9 Å². The number of aromatic nitrogens is 4. The summed E-state index contributed by atoms with van der Waals surface area (Å²) in [6, 6.07) is 8.58. The van der Waals surface area contributed by atoms with E-state index in [1.807, 2.05) is 10.9 Å². The van der Waals surface area contributed by atoms with Gasteiger partial charge < -0.3 is 14.1 Å². The lowest BCUT2D eigenvalue weighted by Gasteiger charge is -2.18. The van der Waals surface area contributed by atoms with E-state index in [0.717, 1.165) is 22.3 Å². The Morgan fingerprint density at radius 1 is 1.22 bits per heavy atom. The SMILES string of the molecule is CC(C)(O)Cn1ccc(-c2ccc3sc(C(c4nnc(CNNS(=O)O)o4)S(C)(=O)=O)nc3c2)cc1=O. The second-order valence-corrected chi connectivity index (χ2v) is 12.8. The number of aliphatic hydroxyl groups is 1. The molecule has 0 aliphatic carbocycles. The van der Waals surface area contributed by atoms with E-state index >= 15 is 0 Å². The van der Waals surface area contributed by atoms with E-state index in [4.69, 9.17) is 8.97 Å². The van der Waals surface area contributed by atoms with Crippen LogP contribution >= 0.6 is 11.3 Å². The molecule has 3 aromatic heterocycles. The Hall–Kier alpha value is -2.86. The monoisotopic (exact) mass is 568 g/mol. The van der Waals surface area contributed by atoms with Crippen LogP contribution < -0.4 is 15.8 Å². The average molecular weight is 569 g/mol. The molecule has 0 spiro atoms. The number of benzene rings is 1. The molecule has 0 aliphatic rings. The molecule has 0 saturated heterocycles. The number of hydrogen-bond acceptors (Lipinski definition) is 11. The summed E-state index contributed by atoms with van der Waals surface area (Å²) in [7, 11) is -3.76. The normalized spacial score (nSPS) is 14.2. The van der Waals surface area contributed by atoms with Gasteiger partial charge in [-0.1, -0.05) is 6.07 Å². The van der Waals surface area contributed by atoms with Gasteiger partial charge >= 0.3 is 0 Å². The Labute approximate surface area is 217 Å². The number of sulfone groups is 1. The minimum Gasteiger partial charge on any atom is -0.422 e. The summed E-state index contributed by atoms with van der Waals surface area (Å²) < 4.78 is 52.3. The van der Waals surface area contributed by atoms with Gasteiger partial charge in [-0.2, -0.15) is 4.83 Å². The van der Waals surface area contributed by atoms with Gasteiger partial charge in [0, 0.05) is 18.5 Å². The molecule has 3 heterocycles. The minimum absolute atomic E-state index is 0.00400. The summed E-state index contributed by atoms with van der Waals surface area (Å²) in [5.74, 6) is -0.177. The first-order chi connectivity index (χ1) is 17.3. The topological polar surface area (TPSA) is 190 Å². The molecule has 2 unspecified atom stereocenters. The van der Waals surface area contributed by atoms with Gasteiger partial charge in [0.25, 0.3) is 5.56 Å². The van der Waals surface area contributed by atoms with Crippen LogP contribution in [0.25, 0.3) is 21.3 Å². The molecular formula is C21H24N6O7S3. The van der Waals surface area contributed by atoms with Crippen molar-refractivity contribution in [3.8, 4) is 11.1 Å². The second-order valence-electron chi connectivity index (χ2n) is 8.88. The van der Waals surface area contributed by atoms with Gasteiger partial charge in [-0.15, -0.1) is 21.5 Å². The molecule has 0 saturated carbocycles. The predicted molar refractivity (Wildman–Crippen MR) is 137 cm³/mol. The van der Waals surface area contributed by atoms with E-state index < -0.39 is 32.0 Å². The van der Waals surface area contributed by atoms with Crippen LogP contribution in [0.1, 0.15) is 35.9 Å². The van der Waals surface area contributed by atoms with Gasteiger partial charge in [0.15, 0.2) is 15.1 Å². The molecule has 2 atom stereocenters. The standard InChI is InChI=1S/C21H24N6O7S3/c1-21(2,29)11-27-7-6-13(9-17(27)28)12-4-5-15-14(8-12)23-20(35-15)18(37(3,32)33)19-25-24-16(34-19)10-22-26-36(30)31/h4-9,18,22,26,29H,10-11H2,1-3H3,(H,30,31). The maximum absolute atomic E-state index is 12.7. The predicted octanol–water partition coefficient (Wildman–Crippen LogP) is 1.14. The van der Waals surface area contributed by atoms with Crippen LogP contribution in [0.15, 0.2) is 45.7 Å². The minimum atomic E-state index is -3.76. The van der Waals surface area contributed by atoms with Crippen LogP contribution in [-0.2, 0) is 34.2 Å². The Kier molecular flexibility index (Phi) is 7.70. The van der Waals surface area contributed by atoms with E-state index in [-0.39, 0.29) is 35.4 Å². The van der Waals surface area contributed by atoms with E-state index in [9.17, 15) is 22.5 Å². The Morgan fingerprint density at radius 3 is 2.59 bits per heavy atom. The first kappa shape index (κ1) is 27.2. The third-order valence-corrected chi connectivity index (χ3v) is 7.90. The molecule has 0 radical (unpaired) electrons. The fourth-order valence-electron chi connectivity index (χ4n) is 3.56. The number of fused-ring (bicyclic) bond motifs is 1. The molecule has 4 rings (SSSR count). The van der Waals surface area contributed by atoms with Crippen molar-refractivity contribution < 1.29 is 26.7 Å². The molecule has 13 nitrogen and oxygen atoms in total. The van der Waals surface area contributed by atoms with Crippen LogP contribution in [0.5, 0.6) is 0 Å². The van der Waals surface area contributed by atoms with Crippen molar-refractivity contribution in [1.82, 2.24) is 30.0 Å². The molecule has 16 heteroatoms. The highest BCUT2D eigenvalue weighted by molar-refractivity contribution is 7.91. The van der Waals surface area contributed by atoms with Crippen molar-refractivity contribution in [3.63, 3.8) is 0 Å². The molecule has 0 bridgehead atoms. The number of nitrogens with one attached hydrogen (secondary N) is 2. The highest BCUT2D eigenvalue weighted by Crippen LogP contribution is 2.36. The number of thiazole rings is 1. The number of hydrogen-bond donors (Lipinski definition) is 4. The zero-order valence-corrected chi connectivity index (χ0v) is 22.4. The van der Waals surface area contributed by atoms with Crippen molar-refractivity contribution >= 4 is 42.7 Å². The van der Waals surface area contributed by atoms with Gasteiger partial charge in [-0.3, -0.25) is 9.35 Å². The molecule has 0 fully saturated rings. The maximum atomic E-state index is 12.7. The third kappa shape index (κ3) is 6.72. The van der Waals surface area contributed by atoms with Crippen molar-refractivity contribution in [2.45, 2.75) is 37.8 Å². The van der Waals surface area contributed by atoms with Gasteiger partial charge in [0.2, 0.25) is 23.0 Å². The molecular weight excluding hydrogens is 544 g/mol. The van der Waals surface area contributed by atoms with Crippen molar-refractivity contribution in [2.75, 3.05) is 6.26 Å². The van der Waals surface area contributed by atoms with Crippen LogP contribution in [0.2, 0.25) is 0 Å². The first-order valence-corrected chi connectivity index (χ1v) is 14.6. The number of nitrogens with zero attached hydrogens (tertiary/aromatic N) is 4. The summed E-state index contributed by atoms with van der Waals surface area (Å²) in [5, 5.41) is 16.5. The van der Waals surface area contributed by atoms with E-state index in [1.54, 1.807) is 38.2 Å². The quantitative estimate of drug-likeness (QED) is 0.159. The van der Waals surface area contributed by atoms with Crippen LogP contribution in [0.4, 0.5) is 0 Å². The Bertz CT molecular complexity index is 1620. The highest BCUT2D eigenvalue weighted by Gasteiger charge is 2.34. The Balaban J connectivity index is 1.65. The van der Waals surface area contributed by atoms with E-state index in [2.05, 4.69) is 20.6 Å². The molecule has 0 aliphatic heterocycles. The van der Waals surface area contributed by atoms with Gasteiger partial charge in [-0.05, 0) is 43.2 Å². The average Bonchev–Trinajstić information content (AvgIpc) is 3.39. The van der Waals surface area contributed by atoms with Crippen molar-refractivity contribution in [1.29, 1.82) is 0 Å².